The van der Waals surface area contributed by atoms with Crippen LogP contribution in [0.4, 0.5) is 0 Å². The van der Waals surface area contributed by atoms with Gasteiger partial charge in [-0.15, -0.1) is 0 Å². The summed E-state index contributed by atoms with van der Waals surface area (Å²) in [6, 6.07) is 0. The van der Waals surface area contributed by atoms with Crippen molar-refractivity contribution in [1.82, 2.24) is 0 Å². The van der Waals surface area contributed by atoms with Gasteiger partial charge in [0.25, 0.3) is 0 Å². The Morgan fingerprint density at radius 3 is 1.89 bits per heavy atom. The zero-order valence-electron chi connectivity index (χ0n) is 13.3. The van der Waals surface area contributed by atoms with Crippen molar-refractivity contribution >= 4 is 5.97 Å². The molecule has 0 aliphatic heterocycles. The van der Waals surface area contributed by atoms with Gasteiger partial charge < -0.3 is 0 Å². The SMILES string of the molecule is CCCCCC(C)(CCCCC)CC(=O)OOCC. The first kappa shape index (κ1) is 18.4. The van der Waals surface area contributed by atoms with Crippen molar-refractivity contribution in [2.24, 2.45) is 5.41 Å². The van der Waals surface area contributed by atoms with Gasteiger partial charge in [-0.25, -0.2) is 4.79 Å². The third-order valence-electron chi connectivity index (χ3n) is 3.61. The van der Waals surface area contributed by atoms with Gasteiger partial charge in [-0.3, -0.25) is 4.89 Å². The lowest BCUT2D eigenvalue weighted by Gasteiger charge is -2.28. The van der Waals surface area contributed by atoms with E-state index in [2.05, 4.69) is 20.8 Å². The lowest BCUT2D eigenvalue weighted by molar-refractivity contribution is -0.271. The summed E-state index contributed by atoms with van der Waals surface area (Å²) in [4.78, 5) is 21.2. The van der Waals surface area contributed by atoms with Crippen LogP contribution in [0.5, 0.6) is 0 Å². The molecule has 0 bridgehead atoms. The second-order valence-electron chi connectivity index (χ2n) is 5.76. The topological polar surface area (TPSA) is 35.5 Å². The van der Waals surface area contributed by atoms with Gasteiger partial charge in [0.05, 0.1) is 13.0 Å². The third-order valence-corrected chi connectivity index (χ3v) is 3.61. The molecule has 0 heterocycles. The highest BCUT2D eigenvalue weighted by atomic mass is 17.2. The van der Waals surface area contributed by atoms with Crippen LogP contribution in [-0.2, 0) is 14.6 Å². The van der Waals surface area contributed by atoms with Crippen LogP contribution >= 0.6 is 0 Å². The molecule has 0 fully saturated rings. The fourth-order valence-corrected chi connectivity index (χ4v) is 2.41. The van der Waals surface area contributed by atoms with Crippen LogP contribution in [0.25, 0.3) is 0 Å². The van der Waals surface area contributed by atoms with Crippen molar-refractivity contribution < 1.29 is 14.6 Å². The molecule has 0 radical (unpaired) electrons. The van der Waals surface area contributed by atoms with Crippen LogP contribution in [0.2, 0.25) is 0 Å². The fraction of sp³-hybridized carbons (Fsp3) is 0.938. The Hall–Kier alpha value is -0.570. The van der Waals surface area contributed by atoms with E-state index in [1.54, 1.807) is 0 Å². The molecular formula is C16H32O3. The zero-order valence-corrected chi connectivity index (χ0v) is 13.3. The minimum atomic E-state index is -0.225. The molecule has 0 amide bonds. The molecule has 0 aliphatic carbocycles. The lowest BCUT2D eigenvalue weighted by Crippen LogP contribution is -2.22. The maximum Gasteiger partial charge on any atom is 0.342 e. The molecule has 0 aromatic rings. The van der Waals surface area contributed by atoms with Crippen molar-refractivity contribution in [2.45, 2.75) is 85.5 Å². The Balaban J connectivity index is 4.24. The molecule has 0 atom stereocenters. The van der Waals surface area contributed by atoms with Crippen molar-refractivity contribution in [2.75, 3.05) is 6.61 Å². The number of rotatable bonds is 12. The van der Waals surface area contributed by atoms with Gasteiger partial charge in [0.2, 0.25) is 0 Å². The summed E-state index contributed by atoms with van der Waals surface area (Å²) in [7, 11) is 0. The molecule has 0 rings (SSSR count). The number of carbonyl (C=O) groups excluding carboxylic acids is 1. The molecule has 0 spiro atoms. The van der Waals surface area contributed by atoms with E-state index in [0.717, 1.165) is 12.8 Å². The van der Waals surface area contributed by atoms with Gasteiger partial charge in [0.1, 0.15) is 0 Å². The fourth-order valence-electron chi connectivity index (χ4n) is 2.41. The Bertz CT molecular complexity index is 216. The maximum absolute atomic E-state index is 11.7. The molecule has 0 unspecified atom stereocenters. The first-order chi connectivity index (χ1) is 9.08. The van der Waals surface area contributed by atoms with Crippen LogP contribution in [0.3, 0.4) is 0 Å². The summed E-state index contributed by atoms with van der Waals surface area (Å²) >= 11 is 0. The van der Waals surface area contributed by atoms with E-state index in [9.17, 15) is 4.79 Å². The highest BCUT2D eigenvalue weighted by Crippen LogP contribution is 2.35. The summed E-state index contributed by atoms with van der Waals surface area (Å²) in [6.07, 6.45) is 9.98. The van der Waals surface area contributed by atoms with Crippen molar-refractivity contribution in [1.29, 1.82) is 0 Å². The minimum Gasteiger partial charge on any atom is -0.298 e. The summed E-state index contributed by atoms with van der Waals surface area (Å²) in [5, 5.41) is 0. The van der Waals surface area contributed by atoms with Crippen LogP contribution < -0.4 is 0 Å². The van der Waals surface area contributed by atoms with E-state index < -0.39 is 0 Å². The molecule has 0 aromatic carbocycles. The summed E-state index contributed by atoms with van der Waals surface area (Å²) in [5.74, 6) is -0.225. The van der Waals surface area contributed by atoms with Crippen LogP contribution in [0.1, 0.15) is 85.5 Å². The summed E-state index contributed by atoms with van der Waals surface area (Å²) in [5.41, 5.74) is 0.0680. The highest BCUT2D eigenvalue weighted by molar-refractivity contribution is 5.69. The Labute approximate surface area is 119 Å². The van der Waals surface area contributed by atoms with E-state index in [0.29, 0.717) is 13.0 Å². The predicted octanol–water partition coefficient (Wildman–Crippen LogP) is 5.04. The number of hydrogen-bond acceptors (Lipinski definition) is 3. The first-order valence-corrected chi connectivity index (χ1v) is 7.90. The van der Waals surface area contributed by atoms with Gasteiger partial charge >= 0.3 is 5.97 Å². The Kier molecular flexibility index (Phi) is 10.9. The largest absolute Gasteiger partial charge is 0.342 e. The van der Waals surface area contributed by atoms with E-state index in [-0.39, 0.29) is 11.4 Å². The average Bonchev–Trinajstić information content (AvgIpc) is 2.37. The molecule has 0 aliphatic rings. The van der Waals surface area contributed by atoms with Gasteiger partial charge in [-0.1, -0.05) is 59.3 Å². The molecule has 0 N–H and O–H groups in total. The second kappa shape index (κ2) is 11.3. The van der Waals surface area contributed by atoms with Crippen molar-refractivity contribution in [3.8, 4) is 0 Å². The van der Waals surface area contributed by atoms with Crippen LogP contribution in [0.15, 0.2) is 0 Å². The molecular weight excluding hydrogens is 240 g/mol. The molecule has 3 nitrogen and oxygen atoms in total. The average molecular weight is 272 g/mol. The standard InChI is InChI=1S/C16H32O3/c1-5-8-10-12-16(4,13-11-9-6-2)14-15(17)19-18-7-3/h5-14H2,1-4H3. The summed E-state index contributed by atoms with van der Waals surface area (Å²) in [6.45, 7) is 8.85. The van der Waals surface area contributed by atoms with E-state index in [1.807, 2.05) is 6.92 Å². The monoisotopic (exact) mass is 272 g/mol. The number of hydrogen-bond donors (Lipinski definition) is 0. The molecule has 0 saturated carbocycles. The van der Waals surface area contributed by atoms with E-state index >= 15 is 0 Å². The Morgan fingerprint density at radius 2 is 1.47 bits per heavy atom. The highest BCUT2D eigenvalue weighted by Gasteiger charge is 2.27. The third kappa shape index (κ3) is 9.94. The van der Waals surface area contributed by atoms with E-state index in [4.69, 9.17) is 9.78 Å². The number of carbonyl (C=O) groups is 1. The molecule has 0 aromatic heterocycles. The second-order valence-corrected chi connectivity index (χ2v) is 5.76. The van der Waals surface area contributed by atoms with E-state index in [1.165, 1.54) is 38.5 Å². The predicted molar refractivity (Wildman–Crippen MR) is 78.7 cm³/mol. The van der Waals surface area contributed by atoms with Crippen LogP contribution in [0, 0.1) is 5.41 Å². The molecule has 19 heavy (non-hydrogen) atoms. The van der Waals surface area contributed by atoms with Crippen molar-refractivity contribution in [3.05, 3.63) is 0 Å². The van der Waals surface area contributed by atoms with Crippen molar-refractivity contribution in [3.63, 3.8) is 0 Å². The smallest absolute Gasteiger partial charge is 0.298 e. The van der Waals surface area contributed by atoms with Gasteiger partial charge in [0.15, 0.2) is 0 Å². The normalized spacial score (nSPS) is 11.6. The minimum absolute atomic E-state index is 0.0680. The van der Waals surface area contributed by atoms with Gasteiger partial charge in [-0.2, -0.15) is 4.89 Å². The van der Waals surface area contributed by atoms with Gasteiger partial charge in [0, 0.05) is 0 Å². The summed E-state index contributed by atoms with van der Waals surface area (Å²) < 4.78 is 0. The first-order valence-electron chi connectivity index (χ1n) is 7.90. The quantitative estimate of drug-likeness (QED) is 0.284. The van der Waals surface area contributed by atoms with Crippen LogP contribution in [-0.4, -0.2) is 12.6 Å². The zero-order chi connectivity index (χ0) is 14.6. The molecule has 114 valence electrons. The lowest BCUT2D eigenvalue weighted by atomic mass is 9.77. The Morgan fingerprint density at radius 1 is 0.947 bits per heavy atom. The van der Waals surface area contributed by atoms with Gasteiger partial charge in [-0.05, 0) is 25.2 Å². The molecule has 0 saturated heterocycles. The maximum atomic E-state index is 11.7. The molecule has 3 heteroatoms. The number of unbranched alkanes of at least 4 members (excludes halogenated alkanes) is 4.